The van der Waals surface area contributed by atoms with Gasteiger partial charge in [-0.1, -0.05) is 0 Å². The minimum atomic E-state index is -1.81. The zero-order valence-corrected chi connectivity index (χ0v) is 5.56. The third-order valence-electron chi connectivity index (χ3n) is 0.909. The van der Waals surface area contributed by atoms with E-state index in [-0.39, 0.29) is 6.10 Å². The van der Waals surface area contributed by atoms with Crippen LogP contribution in [0.2, 0.25) is 0 Å². The van der Waals surface area contributed by atoms with Gasteiger partial charge in [-0.2, -0.15) is 0 Å². The van der Waals surface area contributed by atoms with Crippen molar-refractivity contribution in [2.75, 3.05) is 7.11 Å². The van der Waals surface area contributed by atoms with Crippen molar-refractivity contribution in [3.63, 3.8) is 0 Å². The number of hydrogen-bond donors (Lipinski definition) is 0. The Kier molecular flexibility index (Phi) is 1.95. The molecule has 0 aromatic heterocycles. The molecule has 0 bridgehead atoms. The van der Waals surface area contributed by atoms with Crippen molar-refractivity contribution >= 4 is 8.25 Å². The molecule has 4 heteroatoms. The summed E-state index contributed by atoms with van der Waals surface area (Å²) >= 11 is 0. The van der Waals surface area contributed by atoms with Crippen LogP contribution in [-0.4, -0.2) is 13.2 Å². The van der Waals surface area contributed by atoms with Crippen molar-refractivity contribution < 1.29 is 13.6 Å². The molecule has 0 N–H and O–H groups in total. The van der Waals surface area contributed by atoms with Crippen LogP contribution in [0, 0.1) is 0 Å². The standard InChI is InChI=1S/C4H8O3P/c1-6-8(5)7-4-2-3-4/h4H,2-3H2,1H3/q+1. The van der Waals surface area contributed by atoms with E-state index in [1.807, 2.05) is 0 Å². The second kappa shape index (κ2) is 2.53. The van der Waals surface area contributed by atoms with Crippen molar-refractivity contribution in [2.24, 2.45) is 0 Å². The normalized spacial score (nSPS) is 20.9. The molecule has 0 amide bonds. The van der Waals surface area contributed by atoms with Crippen LogP contribution in [0.5, 0.6) is 0 Å². The largest absolute Gasteiger partial charge is 0.697 e. The van der Waals surface area contributed by atoms with E-state index in [1.54, 1.807) is 0 Å². The molecule has 1 unspecified atom stereocenters. The molecule has 1 aliphatic carbocycles. The van der Waals surface area contributed by atoms with Gasteiger partial charge in [0, 0.05) is 4.57 Å². The van der Waals surface area contributed by atoms with E-state index < -0.39 is 8.25 Å². The molecule has 0 aromatic rings. The minimum absolute atomic E-state index is 0.221. The third-order valence-corrected chi connectivity index (χ3v) is 1.68. The first kappa shape index (κ1) is 6.14. The van der Waals surface area contributed by atoms with Gasteiger partial charge in [0.2, 0.25) is 0 Å². The van der Waals surface area contributed by atoms with E-state index in [0.717, 1.165) is 12.8 Å². The molecular weight excluding hydrogens is 127 g/mol. The second-order valence-corrected chi connectivity index (χ2v) is 2.73. The van der Waals surface area contributed by atoms with E-state index in [1.165, 1.54) is 7.11 Å². The lowest BCUT2D eigenvalue weighted by Gasteiger charge is -1.76. The first-order valence-electron chi connectivity index (χ1n) is 2.51. The first-order chi connectivity index (χ1) is 3.83. The summed E-state index contributed by atoms with van der Waals surface area (Å²) in [4.78, 5) is 0. The maximum Gasteiger partial charge on any atom is 0.697 e. The molecule has 1 fully saturated rings. The highest BCUT2D eigenvalue weighted by molar-refractivity contribution is 7.33. The van der Waals surface area contributed by atoms with Gasteiger partial charge in [-0.3, -0.25) is 0 Å². The van der Waals surface area contributed by atoms with Crippen molar-refractivity contribution in [1.82, 2.24) is 0 Å². The molecule has 46 valence electrons. The highest BCUT2D eigenvalue weighted by Gasteiger charge is 2.33. The Morgan fingerprint density at radius 3 is 2.62 bits per heavy atom. The molecule has 3 nitrogen and oxygen atoms in total. The summed E-state index contributed by atoms with van der Waals surface area (Å²) in [7, 11) is -0.429. The molecule has 8 heavy (non-hydrogen) atoms. The summed E-state index contributed by atoms with van der Waals surface area (Å²) in [5, 5.41) is 0. The summed E-state index contributed by atoms with van der Waals surface area (Å²) in [6.45, 7) is 0. The summed E-state index contributed by atoms with van der Waals surface area (Å²) in [6, 6.07) is 0. The van der Waals surface area contributed by atoms with Crippen LogP contribution in [0.3, 0.4) is 0 Å². The van der Waals surface area contributed by atoms with Crippen LogP contribution >= 0.6 is 8.25 Å². The molecule has 1 aliphatic rings. The Morgan fingerprint density at radius 2 is 2.25 bits per heavy atom. The van der Waals surface area contributed by atoms with Crippen LogP contribution in [0.25, 0.3) is 0 Å². The van der Waals surface area contributed by atoms with Gasteiger partial charge >= 0.3 is 8.25 Å². The van der Waals surface area contributed by atoms with E-state index in [0.29, 0.717) is 0 Å². The molecule has 0 spiro atoms. The maximum absolute atomic E-state index is 10.4. The minimum Gasteiger partial charge on any atom is -0.122 e. The van der Waals surface area contributed by atoms with Gasteiger partial charge in [-0.15, -0.1) is 9.05 Å². The lowest BCUT2D eigenvalue weighted by molar-refractivity contribution is 0.247. The molecule has 0 radical (unpaired) electrons. The fourth-order valence-electron chi connectivity index (χ4n) is 0.338. The van der Waals surface area contributed by atoms with E-state index in [9.17, 15) is 4.57 Å². The average Bonchev–Trinajstić information content (AvgIpc) is 2.50. The van der Waals surface area contributed by atoms with E-state index in [4.69, 9.17) is 4.52 Å². The zero-order valence-electron chi connectivity index (χ0n) is 4.66. The van der Waals surface area contributed by atoms with Gasteiger partial charge in [0.15, 0.2) is 0 Å². The molecule has 1 saturated carbocycles. The van der Waals surface area contributed by atoms with E-state index >= 15 is 0 Å². The quantitative estimate of drug-likeness (QED) is 0.549. The summed E-state index contributed by atoms with van der Waals surface area (Å²) in [5.74, 6) is 0. The molecule has 0 saturated heterocycles. The van der Waals surface area contributed by atoms with Crippen molar-refractivity contribution in [1.29, 1.82) is 0 Å². The lowest BCUT2D eigenvalue weighted by atomic mass is 10.9. The topological polar surface area (TPSA) is 35.5 Å². The summed E-state index contributed by atoms with van der Waals surface area (Å²) in [5.41, 5.74) is 0. The monoisotopic (exact) mass is 135 g/mol. The Labute approximate surface area is 48.9 Å². The molecule has 0 aliphatic heterocycles. The maximum atomic E-state index is 10.4. The first-order valence-corrected chi connectivity index (χ1v) is 3.60. The highest BCUT2D eigenvalue weighted by atomic mass is 31.1. The SMILES string of the molecule is CO[P+](=O)OC1CC1. The Hall–Kier alpha value is 0.0200. The Balaban J connectivity index is 2.07. The second-order valence-electron chi connectivity index (χ2n) is 1.71. The third kappa shape index (κ3) is 1.86. The fourth-order valence-corrected chi connectivity index (χ4v) is 0.879. The van der Waals surface area contributed by atoms with Crippen molar-refractivity contribution in [3.05, 3.63) is 0 Å². The van der Waals surface area contributed by atoms with Crippen LogP contribution < -0.4 is 0 Å². The van der Waals surface area contributed by atoms with Crippen LogP contribution in [0.1, 0.15) is 12.8 Å². The van der Waals surface area contributed by atoms with Crippen LogP contribution in [-0.2, 0) is 13.6 Å². The smallest absolute Gasteiger partial charge is 0.122 e. The van der Waals surface area contributed by atoms with Gasteiger partial charge in [0.05, 0.1) is 7.11 Å². The summed E-state index contributed by atoms with van der Waals surface area (Å²) < 4.78 is 19.6. The van der Waals surface area contributed by atoms with Gasteiger partial charge in [-0.25, -0.2) is 0 Å². The predicted octanol–water partition coefficient (Wildman–Crippen LogP) is 1.47. The van der Waals surface area contributed by atoms with Crippen LogP contribution in [0.15, 0.2) is 0 Å². The lowest BCUT2D eigenvalue weighted by Crippen LogP contribution is -1.81. The van der Waals surface area contributed by atoms with Crippen molar-refractivity contribution in [3.8, 4) is 0 Å². The number of rotatable bonds is 3. The molecule has 0 aromatic carbocycles. The summed E-state index contributed by atoms with van der Waals surface area (Å²) in [6.07, 6.45) is 2.29. The van der Waals surface area contributed by atoms with E-state index in [2.05, 4.69) is 4.52 Å². The number of hydrogen-bond acceptors (Lipinski definition) is 3. The highest BCUT2D eigenvalue weighted by Crippen LogP contribution is 2.35. The molecule has 1 rings (SSSR count). The van der Waals surface area contributed by atoms with Crippen LogP contribution in [0.4, 0.5) is 0 Å². The van der Waals surface area contributed by atoms with Crippen molar-refractivity contribution in [2.45, 2.75) is 18.9 Å². The zero-order chi connectivity index (χ0) is 5.98. The molecule has 0 heterocycles. The Bertz CT molecular complexity index is 99.5. The van der Waals surface area contributed by atoms with Gasteiger partial charge in [0.25, 0.3) is 0 Å². The fraction of sp³-hybridized carbons (Fsp3) is 1.00. The van der Waals surface area contributed by atoms with Gasteiger partial charge in [-0.05, 0) is 12.8 Å². The Morgan fingerprint density at radius 1 is 1.62 bits per heavy atom. The molecular formula is C4H8O3P+. The van der Waals surface area contributed by atoms with Gasteiger partial charge < -0.3 is 0 Å². The van der Waals surface area contributed by atoms with Gasteiger partial charge in [0.1, 0.15) is 6.10 Å². The molecule has 1 atom stereocenters. The predicted molar refractivity (Wildman–Crippen MR) is 28.7 cm³/mol. The average molecular weight is 135 g/mol.